The highest BCUT2D eigenvalue weighted by molar-refractivity contribution is 5.83. The van der Waals surface area contributed by atoms with Crippen molar-refractivity contribution in [1.29, 1.82) is 0 Å². The zero-order valence-electron chi connectivity index (χ0n) is 11.0. The van der Waals surface area contributed by atoms with E-state index < -0.39 is 23.0 Å². The highest BCUT2D eigenvalue weighted by Gasteiger charge is 2.36. The third kappa shape index (κ3) is 2.46. The van der Waals surface area contributed by atoms with Crippen LogP contribution in [0.4, 0.5) is 13.2 Å². The molecular weight excluding hydrogens is 267 g/mol. The molecule has 0 saturated carbocycles. The van der Waals surface area contributed by atoms with Crippen LogP contribution in [0.25, 0.3) is 0 Å². The normalized spacial score (nSPS) is 28.6. The summed E-state index contributed by atoms with van der Waals surface area (Å²) in [7, 11) is 0. The Morgan fingerprint density at radius 1 is 1.10 bits per heavy atom. The van der Waals surface area contributed by atoms with Gasteiger partial charge in [0, 0.05) is 30.0 Å². The van der Waals surface area contributed by atoms with Crippen molar-refractivity contribution in [3.8, 4) is 0 Å². The number of ketones is 1. The van der Waals surface area contributed by atoms with Crippen molar-refractivity contribution in [2.75, 3.05) is 0 Å². The largest absolute Gasteiger partial charge is 0.311 e. The lowest BCUT2D eigenvalue weighted by molar-refractivity contribution is -0.123. The number of hydrogen-bond acceptors (Lipinski definition) is 2. The van der Waals surface area contributed by atoms with E-state index in [-0.39, 0.29) is 18.1 Å². The molecule has 0 spiro atoms. The van der Waals surface area contributed by atoms with Gasteiger partial charge in [-0.3, -0.25) is 4.79 Å². The Morgan fingerprint density at radius 2 is 1.70 bits per heavy atom. The highest BCUT2D eigenvalue weighted by atomic mass is 19.2. The number of halogens is 3. The van der Waals surface area contributed by atoms with E-state index in [0.717, 1.165) is 25.0 Å². The molecule has 0 aromatic heterocycles. The lowest BCUT2D eigenvalue weighted by atomic mass is 9.86. The second-order valence-corrected chi connectivity index (χ2v) is 5.77. The van der Waals surface area contributed by atoms with Crippen LogP contribution in [0.5, 0.6) is 0 Å². The van der Waals surface area contributed by atoms with Gasteiger partial charge in [0.1, 0.15) is 11.6 Å². The first-order valence-corrected chi connectivity index (χ1v) is 6.95. The fourth-order valence-corrected chi connectivity index (χ4v) is 3.37. The van der Waals surface area contributed by atoms with Crippen LogP contribution in [0.1, 0.15) is 31.2 Å². The van der Waals surface area contributed by atoms with Crippen LogP contribution in [0.2, 0.25) is 0 Å². The van der Waals surface area contributed by atoms with E-state index in [1.54, 1.807) is 0 Å². The molecule has 1 aromatic carbocycles. The van der Waals surface area contributed by atoms with E-state index in [0.29, 0.717) is 24.9 Å². The van der Waals surface area contributed by atoms with Crippen molar-refractivity contribution in [1.82, 2.24) is 5.32 Å². The molecule has 2 fully saturated rings. The summed E-state index contributed by atoms with van der Waals surface area (Å²) in [4.78, 5) is 12.2. The monoisotopic (exact) mass is 283 g/mol. The maximum Gasteiger partial charge on any atom is 0.165 e. The Labute approximate surface area is 115 Å². The van der Waals surface area contributed by atoms with E-state index in [2.05, 4.69) is 5.32 Å². The van der Waals surface area contributed by atoms with Crippen molar-refractivity contribution < 1.29 is 18.0 Å². The number of fused-ring (bicyclic) bond motifs is 2. The van der Waals surface area contributed by atoms with Crippen LogP contribution in [0.15, 0.2) is 12.1 Å². The van der Waals surface area contributed by atoms with E-state index in [4.69, 9.17) is 0 Å². The number of nitrogens with one attached hydrogen (secondary N) is 1. The second-order valence-electron chi connectivity index (χ2n) is 5.77. The van der Waals surface area contributed by atoms with Gasteiger partial charge in [0.15, 0.2) is 11.6 Å². The molecular formula is C15H16F3NO. The lowest BCUT2D eigenvalue weighted by Crippen LogP contribution is -2.41. The van der Waals surface area contributed by atoms with Gasteiger partial charge in [-0.25, -0.2) is 13.2 Å². The Bertz CT molecular complexity index is 534. The van der Waals surface area contributed by atoms with Crippen LogP contribution >= 0.6 is 0 Å². The Balaban J connectivity index is 1.75. The highest BCUT2D eigenvalue weighted by Crippen LogP contribution is 2.32. The van der Waals surface area contributed by atoms with Crippen LogP contribution in [0, 0.1) is 23.4 Å². The maximum absolute atomic E-state index is 13.6. The van der Waals surface area contributed by atoms with E-state index in [1.807, 2.05) is 0 Å². The first-order valence-electron chi connectivity index (χ1n) is 6.95. The molecule has 0 amide bonds. The van der Waals surface area contributed by atoms with Gasteiger partial charge >= 0.3 is 0 Å². The van der Waals surface area contributed by atoms with Crippen molar-refractivity contribution in [3.05, 3.63) is 35.1 Å². The van der Waals surface area contributed by atoms with Crippen LogP contribution in [-0.2, 0) is 11.2 Å². The lowest BCUT2D eigenvalue weighted by Gasteiger charge is -2.28. The van der Waals surface area contributed by atoms with E-state index in [1.165, 1.54) is 0 Å². The van der Waals surface area contributed by atoms with Gasteiger partial charge in [-0.1, -0.05) is 0 Å². The fraction of sp³-hybridized carbons (Fsp3) is 0.533. The van der Waals surface area contributed by atoms with Crippen LogP contribution in [0.3, 0.4) is 0 Å². The number of carbonyl (C=O) groups excluding carboxylic acids is 1. The molecule has 2 nitrogen and oxygen atoms in total. The van der Waals surface area contributed by atoms with Gasteiger partial charge in [0.05, 0.1) is 0 Å². The molecule has 2 atom stereocenters. The Kier molecular flexibility index (Phi) is 3.54. The van der Waals surface area contributed by atoms with Crippen molar-refractivity contribution >= 4 is 5.78 Å². The van der Waals surface area contributed by atoms with Crippen molar-refractivity contribution in [2.45, 2.75) is 44.2 Å². The molecule has 2 bridgehead atoms. The molecule has 2 saturated heterocycles. The summed E-state index contributed by atoms with van der Waals surface area (Å²) in [5.74, 6) is -3.56. The van der Waals surface area contributed by atoms with Gasteiger partial charge in [0.25, 0.3) is 0 Å². The first kappa shape index (κ1) is 13.6. The number of carbonyl (C=O) groups is 1. The summed E-state index contributed by atoms with van der Waals surface area (Å²) in [6.07, 6.45) is 3.18. The number of Topliss-reactive ketones (excluding diaryl/α,β-unsaturated/α-hetero) is 1. The second kappa shape index (κ2) is 5.20. The number of rotatable bonds is 3. The topological polar surface area (TPSA) is 29.1 Å². The number of benzene rings is 1. The molecule has 20 heavy (non-hydrogen) atoms. The summed E-state index contributed by atoms with van der Waals surface area (Å²) in [6, 6.07) is 2.28. The summed E-state index contributed by atoms with van der Waals surface area (Å²) in [5.41, 5.74) is -0.444. The summed E-state index contributed by atoms with van der Waals surface area (Å²) in [6.45, 7) is 0. The smallest absolute Gasteiger partial charge is 0.165 e. The minimum absolute atomic E-state index is 0.171. The quantitative estimate of drug-likeness (QED) is 0.864. The minimum atomic E-state index is -1.24. The van der Waals surface area contributed by atoms with Crippen molar-refractivity contribution in [3.63, 3.8) is 0 Å². The zero-order chi connectivity index (χ0) is 14.3. The van der Waals surface area contributed by atoms with E-state index in [9.17, 15) is 18.0 Å². The molecule has 2 aliphatic rings. The fourth-order valence-electron chi connectivity index (χ4n) is 3.37. The third-order valence-electron chi connectivity index (χ3n) is 4.42. The van der Waals surface area contributed by atoms with Gasteiger partial charge in [0.2, 0.25) is 0 Å². The predicted octanol–water partition coefficient (Wildman–Crippen LogP) is 2.75. The van der Waals surface area contributed by atoms with Crippen LogP contribution < -0.4 is 5.32 Å². The standard InChI is InChI=1S/C15H16F3NO/c16-12-3-4-13(17)15(18)11(12)7-14(20)8-5-9-1-2-10(6-8)19-9/h3-4,8-10,19H,1-2,5-7H2. The van der Waals surface area contributed by atoms with Crippen molar-refractivity contribution in [2.24, 2.45) is 5.92 Å². The zero-order valence-corrected chi connectivity index (χ0v) is 11.0. The average molecular weight is 283 g/mol. The molecule has 1 aromatic rings. The van der Waals surface area contributed by atoms with Gasteiger partial charge in [-0.15, -0.1) is 0 Å². The number of hydrogen-bond donors (Lipinski definition) is 1. The van der Waals surface area contributed by atoms with Crippen LogP contribution in [-0.4, -0.2) is 17.9 Å². The first-order chi connectivity index (χ1) is 9.54. The SMILES string of the molecule is O=C(Cc1c(F)ccc(F)c1F)C1CC2CCC(C1)N2. The molecule has 2 unspecified atom stereocenters. The molecule has 1 N–H and O–H groups in total. The molecule has 2 heterocycles. The molecule has 2 aliphatic heterocycles. The van der Waals surface area contributed by atoms with Gasteiger partial charge in [-0.05, 0) is 37.8 Å². The van der Waals surface area contributed by atoms with Gasteiger partial charge < -0.3 is 5.32 Å². The molecule has 3 rings (SSSR count). The molecule has 0 aliphatic carbocycles. The molecule has 0 radical (unpaired) electrons. The minimum Gasteiger partial charge on any atom is -0.311 e. The summed E-state index contributed by atoms with van der Waals surface area (Å²) < 4.78 is 40.3. The molecule has 5 heteroatoms. The third-order valence-corrected chi connectivity index (χ3v) is 4.42. The molecule has 108 valence electrons. The van der Waals surface area contributed by atoms with E-state index >= 15 is 0 Å². The van der Waals surface area contributed by atoms with Gasteiger partial charge in [-0.2, -0.15) is 0 Å². The summed E-state index contributed by atoms with van der Waals surface area (Å²) in [5, 5.41) is 3.41. The predicted molar refractivity (Wildman–Crippen MR) is 67.7 cm³/mol. The average Bonchev–Trinajstić information content (AvgIpc) is 2.77. The maximum atomic E-state index is 13.6. The summed E-state index contributed by atoms with van der Waals surface area (Å²) >= 11 is 0. The number of piperidine rings is 1. The Hall–Kier alpha value is -1.36. The Morgan fingerprint density at radius 3 is 2.35 bits per heavy atom.